The van der Waals surface area contributed by atoms with Crippen molar-refractivity contribution in [1.82, 2.24) is 0 Å². The van der Waals surface area contributed by atoms with Gasteiger partial charge < -0.3 is 10.2 Å². The molecule has 54 valence electrons. The number of hydrogen-bond donors (Lipinski definition) is 3. The highest BCUT2D eigenvalue weighted by Crippen LogP contribution is 1.92. The van der Waals surface area contributed by atoms with Gasteiger partial charge in [0.15, 0.2) is 0 Å². The zero-order valence-electron chi connectivity index (χ0n) is 4.95. The molecule has 0 radical (unpaired) electrons. The number of ketones is 1. The fourth-order valence-electron chi connectivity index (χ4n) is 0.392. The number of carbonyl (C=O) groups is 1. The Kier molecular flexibility index (Phi) is 4.75. The van der Waals surface area contributed by atoms with Gasteiger partial charge in [0.2, 0.25) is 0 Å². The average molecular weight is 150 g/mol. The van der Waals surface area contributed by atoms with Gasteiger partial charge in [0.1, 0.15) is 5.78 Å². The van der Waals surface area contributed by atoms with E-state index in [9.17, 15) is 4.79 Å². The molecule has 4 heteroatoms. The number of rotatable bonds is 4. The van der Waals surface area contributed by atoms with Gasteiger partial charge in [-0.15, -0.1) is 0 Å². The highest BCUT2D eigenvalue weighted by atomic mass is 32.1. The van der Waals surface area contributed by atoms with Crippen LogP contribution in [-0.4, -0.2) is 34.5 Å². The second kappa shape index (κ2) is 4.78. The Hall–Kier alpha value is -0.0600. The molecule has 0 aliphatic heterocycles. The van der Waals surface area contributed by atoms with Gasteiger partial charge in [-0.2, -0.15) is 12.6 Å². The molecule has 0 amide bonds. The van der Waals surface area contributed by atoms with E-state index >= 15 is 0 Å². The third-order valence-electron chi connectivity index (χ3n) is 0.850. The summed E-state index contributed by atoms with van der Waals surface area (Å²) >= 11 is 3.69. The predicted molar refractivity (Wildman–Crippen MR) is 36.6 cm³/mol. The van der Waals surface area contributed by atoms with Gasteiger partial charge in [-0.05, 0) is 0 Å². The lowest BCUT2D eigenvalue weighted by Crippen LogP contribution is -2.17. The van der Waals surface area contributed by atoms with Crippen LogP contribution in [0.2, 0.25) is 0 Å². The summed E-state index contributed by atoms with van der Waals surface area (Å²) < 4.78 is 0. The van der Waals surface area contributed by atoms with Crippen molar-refractivity contribution in [2.45, 2.75) is 12.5 Å². The molecular weight excluding hydrogens is 140 g/mol. The summed E-state index contributed by atoms with van der Waals surface area (Å²) in [6, 6.07) is 0. The molecule has 0 aliphatic rings. The van der Waals surface area contributed by atoms with E-state index in [2.05, 4.69) is 12.6 Å². The summed E-state index contributed by atoms with van der Waals surface area (Å²) in [5.74, 6) is -0.0308. The second-order valence-electron chi connectivity index (χ2n) is 1.74. The Morgan fingerprint density at radius 3 is 2.56 bits per heavy atom. The average Bonchev–Trinajstić information content (AvgIpc) is 1.87. The highest BCUT2D eigenvalue weighted by Gasteiger charge is 2.06. The van der Waals surface area contributed by atoms with E-state index in [1.807, 2.05) is 0 Å². The van der Waals surface area contributed by atoms with E-state index < -0.39 is 6.10 Å². The van der Waals surface area contributed by atoms with Crippen molar-refractivity contribution in [3.63, 3.8) is 0 Å². The molecular formula is C5H10O3S. The summed E-state index contributed by atoms with van der Waals surface area (Å²) in [4.78, 5) is 10.4. The lowest BCUT2D eigenvalue weighted by Gasteiger charge is -2.02. The molecule has 0 aliphatic carbocycles. The first kappa shape index (κ1) is 8.94. The van der Waals surface area contributed by atoms with Gasteiger partial charge in [-0.1, -0.05) is 0 Å². The SMILES string of the molecule is O=C(CS)CC(O)CO. The zero-order chi connectivity index (χ0) is 7.28. The van der Waals surface area contributed by atoms with Crippen molar-refractivity contribution in [3.05, 3.63) is 0 Å². The Balaban J connectivity index is 3.34. The molecule has 2 N–H and O–H groups in total. The lowest BCUT2D eigenvalue weighted by molar-refractivity contribution is -0.118. The quantitative estimate of drug-likeness (QED) is 0.461. The van der Waals surface area contributed by atoms with Crippen molar-refractivity contribution in [1.29, 1.82) is 0 Å². The van der Waals surface area contributed by atoms with Gasteiger partial charge in [0, 0.05) is 12.2 Å². The van der Waals surface area contributed by atoms with Crippen LogP contribution < -0.4 is 0 Å². The molecule has 0 heterocycles. The first-order valence-corrected chi connectivity index (χ1v) is 3.25. The van der Waals surface area contributed by atoms with Crippen LogP contribution in [0.15, 0.2) is 0 Å². The molecule has 0 fully saturated rings. The van der Waals surface area contributed by atoms with Crippen molar-refractivity contribution >= 4 is 18.4 Å². The molecule has 0 rings (SSSR count). The summed E-state index contributed by atoms with van der Waals surface area (Å²) in [6.07, 6.45) is -0.912. The maximum atomic E-state index is 10.4. The Morgan fingerprint density at radius 2 is 2.22 bits per heavy atom. The van der Waals surface area contributed by atoms with E-state index in [4.69, 9.17) is 10.2 Å². The minimum absolute atomic E-state index is 0. The fraction of sp³-hybridized carbons (Fsp3) is 0.800. The molecule has 0 saturated carbocycles. The van der Waals surface area contributed by atoms with Crippen LogP contribution in [0.25, 0.3) is 0 Å². The van der Waals surface area contributed by atoms with Crippen LogP contribution >= 0.6 is 12.6 Å². The van der Waals surface area contributed by atoms with E-state index in [1.165, 1.54) is 0 Å². The van der Waals surface area contributed by atoms with Crippen LogP contribution in [0, 0.1) is 0 Å². The van der Waals surface area contributed by atoms with Gasteiger partial charge in [0.05, 0.1) is 12.7 Å². The van der Waals surface area contributed by atoms with Crippen molar-refractivity contribution in [2.24, 2.45) is 0 Å². The lowest BCUT2D eigenvalue weighted by atomic mass is 10.2. The minimum Gasteiger partial charge on any atom is -0.394 e. The number of hydrogen-bond acceptors (Lipinski definition) is 4. The number of aliphatic hydroxyl groups is 2. The predicted octanol–water partition coefficient (Wildman–Crippen LogP) is -0.771. The molecule has 9 heavy (non-hydrogen) atoms. The van der Waals surface area contributed by atoms with Crippen LogP contribution in [0.4, 0.5) is 0 Å². The number of Topliss-reactive ketones (excluding diaryl/α,β-unsaturated/α-hetero) is 1. The molecule has 0 spiro atoms. The third-order valence-corrected chi connectivity index (χ3v) is 1.20. The largest absolute Gasteiger partial charge is 0.394 e. The Bertz CT molecular complexity index is 94.2. The second-order valence-corrected chi connectivity index (χ2v) is 2.05. The van der Waals surface area contributed by atoms with Crippen LogP contribution in [0.5, 0.6) is 0 Å². The molecule has 0 aromatic carbocycles. The van der Waals surface area contributed by atoms with Crippen molar-refractivity contribution in [2.75, 3.05) is 12.4 Å². The zero-order valence-corrected chi connectivity index (χ0v) is 5.84. The summed E-state index contributed by atoms with van der Waals surface area (Å²) in [5, 5.41) is 16.9. The first-order chi connectivity index (χ1) is 4.20. The highest BCUT2D eigenvalue weighted by molar-refractivity contribution is 7.81. The molecule has 3 nitrogen and oxygen atoms in total. The fourth-order valence-corrected chi connectivity index (χ4v) is 0.521. The normalized spacial score (nSPS) is 13.2. The number of carbonyl (C=O) groups excluding carboxylic acids is 1. The smallest absolute Gasteiger partial charge is 0.145 e. The van der Waals surface area contributed by atoms with Crippen LogP contribution in [-0.2, 0) is 4.79 Å². The standard InChI is InChI=1S/C5H10O3S/c6-2-4(7)1-5(8)3-9/h4,6-7,9H,1-3H2. The van der Waals surface area contributed by atoms with E-state index in [-0.39, 0.29) is 24.6 Å². The summed E-state index contributed by atoms with van der Waals surface area (Å²) in [7, 11) is 0. The van der Waals surface area contributed by atoms with Gasteiger partial charge in [0.25, 0.3) is 0 Å². The van der Waals surface area contributed by atoms with Gasteiger partial charge in [-0.3, -0.25) is 4.79 Å². The number of aliphatic hydroxyl groups excluding tert-OH is 2. The van der Waals surface area contributed by atoms with Crippen LogP contribution in [0.1, 0.15) is 6.42 Å². The van der Waals surface area contributed by atoms with Gasteiger partial charge >= 0.3 is 0 Å². The molecule has 1 atom stereocenters. The molecule has 1 unspecified atom stereocenters. The first-order valence-electron chi connectivity index (χ1n) is 2.62. The minimum atomic E-state index is -0.912. The van der Waals surface area contributed by atoms with E-state index in [0.717, 1.165) is 0 Å². The van der Waals surface area contributed by atoms with Crippen molar-refractivity contribution < 1.29 is 15.0 Å². The van der Waals surface area contributed by atoms with Crippen LogP contribution in [0.3, 0.4) is 0 Å². The molecule has 0 aromatic rings. The van der Waals surface area contributed by atoms with E-state index in [0.29, 0.717) is 0 Å². The maximum absolute atomic E-state index is 10.4. The topological polar surface area (TPSA) is 57.5 Å². The maximum Gasteiger partial charge on any atom is 0.145 e. The molecule has 0 aromatic heterocycles. The van der Waals surface area contributed by atoms with Gasteiger partial charge in [-0.25, -0.2) is 0 Å². The van der Waals surface area contributed by atoms with E-state index in [1.54, 1.807) is 0 Å². The summed E-state index contributed by atoms with van der Waals surface area (Å²) in [6.45, 7) is -0.362. The monoisotopic (exact) mass is 150 g/mol. The Labute approximate surface area is 59.1 Å². The van der Waals surface area contributed by atoms with Crippen molar-refractivity contribution in [3.8, 4) is 0 Å². The molecule has 0 bridgehead atoms. The number of thiol groups is 1. The summed E-state index contributed by atoms with van der Waals surface area (Å²) in [5.41, 5.74) is 0. The third kappa shape index (κ3) is 4.44. The molecule has 0 saturated heterocycles. The Morgan fingerprint density at radius 1 is 1.67 bits per heavy atom.